The number of hydrogen-bond donors (Lipinski definition) is 2. The number of hydrogen-bond acceptors (Lipinski definition) is 3. The van der Waals surface area contributed by atoms with Crippen LogP contribution in [-0.2, 0) is 0 Å². The van der Waals surface area contributed by atoms with Crippen molar-refractivity contribution in [1.29, 1.82) is 0 Å². The monoisotopic (exact) mass is 265 g/mol. The van der Waals surface area contributed by atoms with Crippen molar-refractivity contribution in [3.05, 3.63) is 28.8 Å². The maximum atomic E-state index is 9.91. The molecule has 19 heavy (non-hydrogen) atoms. The Morgan fingerprint density at radius 1 is 1.21 bits per heavy atom. The number of rotatable bonds is 6. The molecular weight excluding hydrogens is 238 g/mol. The van der Waals surface area contributed by atoms with E-state index in [1.807, 2.05) is 19.9 Å². The second-order valence-corrected chi connectivity index (χ2v) is 5.40. The van der Waals surface area contributed by atoms with E-state index in [9.17, 15) is 5.11 Å². The number of benzene rings is 1. The van der Waals surface area contributed by atoms with Crippen LogP contribution in [0.25, 0.3) is 0 Å². The van der Waals surface area contributed by atoms with Gasteiger partial charge in [-0.2, -0.15) is 0 Å². The molecule has 0 saturated carbocycles. The van der Waals surface area contributed by atoms with E-state index < -0.39 is 6.10 Å². The Bertz CT molecular complexity index is 415. The van der Waals surface area contributed by atoms with Crippen molar-refractivity contribution < 1.29 is 9.84 Å². The lowest BCUT2D eigenvalue weighted by Crippen LogP contribution is -2.32. The smallest absolute Gasteiger partial charge is 0.122 e. The minimum Gasteiger partial charge on any atom is -0.494 e. The van der Waals surface area contributed by atoms with E-state index in [0.29, 0.717) is 13.0 Å². The molecule has 3 atom stereocenters. The molecule has 0 aromatic heterocycles. The quantitative estimate of drug-likeness (QED) is 0.831. The van der Waals surface area contributed by atoms with Crippen LogP contribution >= 0.6 is 0 Å². The Balaban J connectivity index is 2.92. The third kappa shape index (κ3) is 3.95. The summed E-state index contributed by atoms with van der Waals surface area (Å²) in [6.45, 7) is 10.8. The Hall–Kier alpha value is -1.06. The standard InChI is InChI=1S/C16H27NO2/c1-6-19-16-8-7-14(11(3)12(16)4)10(2)9-15(18)13(5)17/h7-8,10,13,15,18H,6,9,17H2,1-5H3. The molecule has 3 unspecified atom stereocenters. The maximum Gasteiger partial charge on any atom is 0.122 e. The van der Waals surface area contributed by atoms with E-state index in [2.05, 4.69) is 26.8 Å². The Labute approximate surface area is 116 Å². The van der Waals surface area contributed by atoms with Gasteiger partial charge in [0.2, 0.25) is 0 Å². The number of aliphatic hydroxyl groups is 1. The van der Waals surface area contributed by atoms with Gasteiger partial charge in [-0.3, -0.25) is 0 Å². The first-order valence-electron chi connectivity index (χ1n) is 7.05. The lowest BCUT2D eigenvalue weighted by Gasteiger charge is -2.22. The molecule has 0 saturated heterocycles. The molecule has 0 fully saturated rings. The Kier molecular flexibility index (Phi) is 5.83. The summed E-state index contributed by atoms with van der Waals surface area (Å²) in [5, 5.41) is 9.91. The maximum absolute atomic E-state index is 9.91. The predicted molar refractivity (Wildman–Crippen MR) is 79.8 cm³/mol. The van der Waals surface area contributed by atoms with Crippen LogP contribution in [0.15, 0.2) is 12.1 Å². The highest BCUT2D eigenvalue weighted by molar-refractivity contribution is 5.44. The fourth-order valence-corrected chi connectivity index (χ4v) is 2.37. The number of ether oxygens (including phenoxy) is 1. The number of nitrogens with two attached hydrogens (primary N) is 1. The van der Waals surface area contributed by atoms with E-state index in [0.717, 1.165) is 5.75 Å². The highest BCUT2D eigenvalue weighted by Crippen LogP contribution is 2.31. The molecule has 108 valence electrons. The highest BCUT2D eigenvalue weighted by atomic mass is 16.5. The van der Waals surface area contributed by atoms with Crippen molar-refractivity contribution in [2.45, 2.75) is 59.1 Å². The Morgan fingerprint density at radius 2 is 1.84 bits per heavy atom. The van der Waals surface area contributed by atoms with Crippen LogP contribution in [0.5, 0.6) is 5.75 Å². The lowest BCUT2D eigenvalue weighted by atomic mass is 9.88. The topological polar surface area (TPSA) is 55.5 Å². The fourth-order valence-electron chi connectivity index (χ4n) is 2.37. The molecule has 0 aliphatic rings. The van der Waals surface area contributed by atoms with Gasteiger partial charge in [-0.1, -0.05) is 13.0 Å². The average Bonchev–Trinajstić information content (AvgIpc) is 2.35. The summed E-state index contributed by atoms with van der Waals surface area (Å²) in [6.07, 6.45) is 0.229. The highest BCUT2D eigenvalue weighted by Gasteiger charge is 2.18. The van der Waals surface area contributed by atoms with Crippen LogP contribution < -0.4 is 10.5 Å². The molecule has 3 nitrogen and oxygen atoms in total. The molecule has 3 N–H and O–H groups in total. The predicted octanol–water partition coefficient (Wildman–Crippen LogP) is 2.90. The summed E-state index contributed by atoms with van der Waals surface area (Å²) in [5.74, 6) is 1.24. The van der Waals surface area contributed by atoms with Gasteiger partial charge in [0.1, 0.15) is 5.75 Å². The van der Waals surface area contributed by atoms with E-state index in [1.54, 1.807) is 0 Å². The summed E-state index contributed by atoms with van der Waals surface area (Å²) >= 11 is 0. The third-order valence-electron chi connectivity index (χ3n) is 3.81. The molecular formula is C16H27NO2. The van der Waals surface area contributed by atoms with Gasteiger partial charge >= 0.3 is 0 Å². The first-order chi connectivity index (χ1) is 8.88. The van der Waals surface area contributed by atoms with Crippen LogP contribution in [0, 0.1) is 13.8 Å². The van der Waals surface area contributed by atoms with Gasteiger partial charge in [0.15, 0.2) is 0 Å². The first-order valence-corrected chi connectivity index (χ1v) is 7.05. The molecule has 1 rings (SSSR count). The van der Waals surface area contributed by atoms with Gasteiger partial charge in [0.05, 0.1) is 12.7 Å². The summed E-state index contributed by atoms with van der Waals surface area (Å²) in [6, 6.07) is 3.94. The molecule has 0 bridgehead atoms. The normalized spacial score (nSPS) is 15.9. The third-order valence-corrected chi connectivity index (χ3v) is 3.81. The Morgan fingerprint density at radius 3 is 2.37 bits per heavy atom. The number of aliphatic hydroxyl groups excluding tert-OH is 1. The molecule has 0 heterocycles. The van der Waals surface area contributed by atoms with E-state index in [1.165, 1.54) is 16.7 Å². The van der Waals surface area contributed by atoms with Gasteiger partial charge in [-0.25, -0.2) is 0 Å². The molecule has 3 heteroatoms. The van der Waals surface area contributed by atoms with Crippen LogP contribution in [0.2, 0.25) is 0 Å². The van der Waals surface area contributed by atoms with Crippen molar-refractivity contribution in [2.75, 3.05) is 6.61 Å². The SMILES string of the molecule is CCOc1ccc(C(C)CC(O)C(C)N)c(C)c1C. The lowest BCUT2D eigenvalue weighted by molar-refractivity contribution is 0.134. The van der Waals surface area contributed by atoms with Gasteiger partial charge in [0.25, 0.3) is 0 Å². The summed E-state index contributed by atoms with van der Waals surface area (Å²) in [5.41, 5.74) is 9.42. The van der Waals surface area contributed by atoms with Crippen LogP contribution in [0.3, 0.4) is 0 Å². The largest absolute Gasteiger partial charge is 0.494 e. The van der Waals surface area contributed by atoms with E-state index in [-0.39, 0.29) is 12.0 Å². The summed E-state index contributed by atoms with van der Waals surface area (Å²) in [7, 11) is 0. The van der Waals surface area contributed by atoms with Gasteiger partial charge in [-0.15, -0.1) is 0 Å². The van der Waals surface area contributed by atoms with Gasteiger partial charge < -0.3 is 15.6 Å². The van der Waals surface area contributed by atoms with Crippen LogP contribution in [-0.4, -0.2) is 23.9 Å². The van der Waals surface area contributed by atoms with E-state index in [4.69, 9.17) is 10.5 Å². The van der Waals surface area contributed by atoms with Gasteiger partial charge in [0, 0.05) is 6.04 Å². The fraction of sp³-hybridized carbons (Fsp3) is 0.625. The van der Waals surface area contributed by atoms with Crippen LogP contribution in [0.4, 0.5) is 0 Å². The zero-order valence-electron chi connectivity index (χ0n) is 12.7. The molecule has 1 aromatic rings. The van der Waals surface area contributed by atoms with Crippen LogP contribution in [0.1, 0.15) is 49.8 Å². The van der Waals surface area contributed by atoms with Crippen molar-refractivity contribution in [1.82, 2.24) is 0 Å². The van der Waals surface area contributed by atoms with Crippen molar-refractivity contribution in [2.24, 2.45) is 5.73 Å². The molecule has 0 aliphatic heterocycles. The van der Waals surface area contributed by atoms with Crippen molar-refractivity contribution >= 4 is 0 Å². The average molecular weight is 265 g/mol. The van der Waals surface area contributed by atoms with E-state index >= 15 is 0 Å². The van der Waals surface area contributed by atoms with Crippen molar-refractivity contribution in [3.63, 3.8) is 0 Å². The molecule has 0 radical (unpaired) electrons. The zero-order chi connectivity index (χ0) is 14.6. The minimum atomic E-state index is -0.457. The second-order valence-electron chi connectivity index (χ2n) is 5.40. The second kappa shape index (κ2) is 6.92. The van der Waals surface area contributed by atoms with Gasteiger partial charge in [-0.05, 0) is 62.8 Å². The summed E-state index contributed by atoms with van der Waals surface area (Å²) < 4.78 is 5.60. The molecule has 0 aliphatic carbocycles. The minimum absolute atomic E-state index is 0.188. The van der Waals surface area contributed by atoms with Crippen molar-refractivity contribution in [3.8, 4) is 5.75 Å². The first kappa shape index (κ1) is 16.0. The molecule has 0 amide bonds. The molecule has 0 spiro atoms. The molecule has 1 aromatic carbocycles. The summed E-state index contributed by atoms with van der Waals surface area (Å²) in [4.78, 5) is 0. The zero-order valence-corrected chi connectivity index (χ0v) is 12.7.